The van der Waals surface area contributed by atoms with Gasteiger partial charge in [-0.15, -0.1) is 0 Å². The fourth-order valence-electron chi connectivity index (χ4n) is 2.74. The lowest BCUT2D eigenvalue weighted by molar-refractivity contribution is 0.226. The Morgan fingerprint density at radius 3 is 2.91 bits per heavy atom. The smallest absolute Gasteiger partial charge is 0.152 e. The van der Waals surface area contributed by atoms with Gasteiger partial charge in [-0.3, -0.25) is 14.7 Å². The van der Waals surface area contributed by atoms with E-state index in [-0.39, 0.29) is 0 Å². The Morgan fingerprint density at radius 1 is 1.32 bits per heavy atom. The zero-order valence-electron chi connectivity index (χ0n) is 12.6. The molecule has 4 rings (SSSR count). The molecule has 0 atom stereocenters. The molecule has 1 saturated carbocycles. The van der Waals surface area contributed by atoms with Crippen molar-refractivity contribution in [1.82, 2.24) is 24.9 Å². The first-order chi connectivity index (χ1) is 10.8. The van der Waals surface area contributed by atoms with Crippen LogP contribution < -0.4 is 0 Å². The van der Waals surface area contributed by atoms with E-state index in [2.05, 4.69) is 32.5 Å². The second-order valence-corrected chi connectivity index (χ2v) is 5.89. The molecule has 1 aliphatic carbocycles. The molecule has 0 amide bonds. The van der Waals surface area contributed by atoms with Crippen molar-refractivity contribution in [3.05, 3.63) is 48.1 Å². The van der Waals surface area contributed by atoms with Crippen LogP contribution in [0.3, 0.4) is 0 Å². The lowest BCUT2D eigenvalue weighted by atomic mass is 10.3. The molecule has 0 aliphatic heterocycles. The highest BCUT2D eigenvalue weighted by Crippen LogP contribution is 2.30. The molecule has 3 aromatic heterocycles. The lowest BCUT2D eigenvalue weighted by Crippen LogP contribution is -2.24. The van der Waals surface area contributed by atoms with Crippen molar-refractivity contribution in [3.8, 4) is 11.5 Å². The van der Waals surface area contributed by atoms with Crippen LogP contribution in [0.25, 0.3) is 11.5 Å². The first-order valence-corrected chi connectivity index (χ1v) is 7.58. The zero-order valence-corrected chi connectivity index (χ0v) is 12.6. The average Bonchev–Trinajstić information content (AvgIpc) is 2.93. The Hall–Kier alpha value is -2.34. The molecule has 22 heavy (non-hydrogen) atoms. The van der Waals surface area contributed by atoms with Crippen LogP contribution in [0.2, 0.25) is 0 Å². The summed E-state index contributed by atoms with van der Waals surface area (Å²) in [7, 11) is 1.95. The predicted octanol–water partition coefficient (Wildman–Crippen LogP) is 2.57. The SMILES string of the molecule is Cn1cc(CN(Cc2ccc(-c3ccn[nH]3)o2)C2CC2)cn1. The number of rotatable bonds is 6. The van der Waals surface area contributed by atoms with Gasteiger partial charge in [-0.1, -0.05) is 0 Å². The minimum atomic E-state index is 0.668. The van der Waals surface area contributed by atoms with Crippen LogP contribution in [0.1, 0.15) is 24.2 Å². The van der Waals surface area contributed by atoms with Crippen LogP contribution in [0.15, 0.2) is 41.2 Å². The third-order valence-corrected chi connectivity index (χ3v) is 3.99. The summed E-state index contributed by atoms with van der Waals surface area (Å²) in [6.07, 6.45) is 8.29. The summed E-state index contributed by atoms with van der Waals surface area (Å²) in [5, 5.41) is 11.1. The molecule has 0 aromatic carbocycles. The van der Waals surface area contributed by atoms with Crippen LogP contribution in [-0.2, 0) is 20.1 Å². The molecular weight excluding hydrogens is 278 g/mol. The maximum absolute atomic E-state index is 5.95. The van der Waals surface area contributed by atoms with Crippen LogP contribution in [0.4, 0.5) is 0 Å². The van der Waals surface area contributed by atoms with Crippen molar-refractivity contribution in [3.63, 3.8) is 0 Å². The molecular formula is C16H19N5O. The molecule has 0 spiro atoms. The highest BCUT2D eigenvalue weighted by molar-refractivity contribution is 5.51. The van der Waals surface area contributed by atoms with Crippen molar-refractivity contribution in [2.24, 2.45) is 7.05 Å². The Kier molecular flexibility index (Phi) is 3.31. The maximum atomic E-state index is 5.95. The van der Waals surface area contributed by atoms with E-state index in [1.165, 1.54) is 18.4 Å². The summed E-state index contributed by atoms with van der Waals surface area (Å²) >= 11 is 0. The molecule has 1 fully saturated rings. The number of hydrogen-bond acceptors (Lipinski definition) is 4. The van der Waals surface area contributed by atoms with Gasteiger partial charge in [-0.25, -0.2) is 0 Å². The summed E-state index contributed by atoms with van der Waals surface area (Å²) in [5.41, 5.74) is 2.16. The molecule has 0 bridgehead atoms. The summed E-state index contributed by atoms with van der Waals surface area (Å²) in [6.45, 7) is 1.74. The van der Waals surface area contributed by atoms with Crippen molar-refractivity contribution in [1.29, 1.82) is 0 Å². The van der Waals surface area contributed by atoms with Crippen LogP contribution in [-0.4, -0.2) is 30.9 Å². The summed E-state index contributed by atoms with van der Waals surface area (Å²) in [6, 6.07) is 6.63. The van der Waals surface area contributed by atoms with E-state index in [0.29, 0.717) is 6.04 Å². The minimum absolute atomic E-state index is 0.668. The Morgan fingerprint density at radius 2 is 2.23 bits per heavy atom. The molecule has 0 saturated heterocycles. The Balaban J connectivity index is 1.47. The van der Waals surface area contributed by atoms with Crippen molar-refractivity contribution >= 4 is 0 Å². The van der Waals surface area contributed by atoms with Gasteiger partial charge < -0.3 is 4.42 Å². The van der Waals surface area contributed by atoms with E-state index in [4.69, 9.17) is 4.42 Å². The maximum Gasteiger partial charge on any atom is 0.152 e. The molecule has 114 valence electrons. The molecule has 3 aromatic rings. The highest BCUT2D eigenvalue weighted by atomic mass is 16.3. The van der Waals surface area contributed by atoms with E-state index < -0.39 is 0 Å². The van der Waals surface area contributed by atoms with Crippen LogP contribution in [0, 0.1) is 0 Å². The third kappa shape index (κ3) is 2.82. The Bertz CT molecular complexity index is 738. The molecule has 1 aliphatic rings. The normalized spacial score (nSPS) is 14.8. The van der Waals surface area contributed by atoms with Gasteiger partial charge in [0, 0.05) is 37.6 Å². The van der Waals surface area contributed by atoms with Gasteiger partial charge in [0.05, 0.1) is 12.7 Å². The lowest BCUT2D eigenvalue weighted by Gasteiger charge is -2.19. The van der Waals surface area contributed by atoms with Crippen LogP contribution >= 0.6 is 0 Å². The number of aromatic nitrogens is 4. The third-order valence-electron chi connectivity index (χ3n) is 3.99. The van der Waals surface area contributed by atoms with Crippen LogP contribution in [0.5, 0.6) is 0 Å². The number of furan rings is 1. The van der Waals surface area contributed by atoms with Gasteiger partial charge in [0.1, 0.15) is 11.5 Å². The second kappa shape index (κ2) is 5.46. The number of hydrogen-bond donors (Lipinski definition) is 1. The summed E-state index contributed by atoms with van der Waals surface area (Å²) < 4.78 is 7.80. The molecule has 1 N–H and O–H groups in total. The van der Waals surface area contributed by atoms with Crippen molar-refractivity contribution in [2.45, 2.75) is 32.0 Å². The van der Waals surface area contributed by atoms with Crippen molar-refractivity contribution in [2.75, 3.05) is 0 Å². The zero-order chi connectivity index (χ0) is 14.9. The average molecular weight is 297 g/mol. The predicted molar refractivity (Wildman–Crippen MR) is 81.8 cm³/mol. The highest BCUT2D eigenvalue weighted by Gasteiger charge is 2.29. The number of nitrogens with one attached hydrogen (secondary N) is 1. The standard InChI is InChI=1S/C16H19N5O/c1-20-9-12(8-18-20)10-21(13-2-3-13)11-14-4-5-16(22-14)15-6-7-17-19-15/h4-9,13H,2-3,10-11H2,1H3,(H,17,19). The van der Waals surface area contributed by atoms with Gasteiger partial charge in [0.15, 0.2) is 5.76 Å². The molecule has 0 unspecified atom stereocenters. The number of aromatic amines is 1. The fraction of sp³-hybridized carbons (Fsp3) is 0.375. The molecule has 0 radical (unpaired) electrons. The largest absolute Gasteiger partial charge is 0.458 e. The van der Waals surface area contributed by atoms with E-state index in [0.717, 1.165) is 30.3 Å². The monoisotopic (exact) mass is 297 g/mol. The second-order valence-electron chi connectivity index (χ2n) is 5.89. The minimum Gasteiger partial charge on any atom is -0.458 e. The number of aryl methyl sites for hydroxylation is 1. The van der Waals surface area contributed by atoms with Gasteiger partial charge in [0.25, 0.3) is 0 Å². The van der Waals surface area contributed by atoms with E-state index in [9.17, 15) is 0 Å². The molecule has 6 heteroatoms. The van der Waals surface area contributed by atoms with E-state index >= 15 is 0 Å². The Labute approximate surface area is 128 Å². The fourth-order valence-corrected chi connectivity index (χ4v) is 2.74. The molecule has 3 heterocycles. The van der Waals surface area contributed by atoms with Gasteiger partial charge in [-0.2, -0.15) is 10.2 Å². The quantitative estimate of drug-likeness (QED) is 0.759. The van der Waals surface area contributed by atoms with Gasteiger partial charge in [-0.05, 0) is 31.0 Å². The first kappa shape index (κ1) is 13.3. The number of H-pyrrole nitrogens is 1. The van der Waals surface area contributed by atoms with Gasteiger partial charge >= 0.3 is 0 Å². The van der Waals surface area contributed by atoms with Gasteiger partial charge in [0.2, 0.25) is 0 Å². The number of nitrogens with zero attached hydrogens (tertiary/aromatic N) is 4. The summed E-state index contributed by atoms with van der Waals surface area (Å²) in [5.74, 6) is 1.82. The topological polar surface area (TPSA) is 62.9 Å². The van der Waals surface area contributed by atoms with E-state index in [1.54, 1.807) is 6.20 Å². The van der Waals surface area contributed by atoms with E-state index in [1.807, 2.05) is 30.1 Å². The summed E-state index contributed by atoms with van der Waals surface area (Å²) in [4.78, 5) is 2.46. The van der Waals surface area contributed by atoms with Crippen molar-refractivity contribution < 1.29 is 4.42 Å². The molecule has 6 nitrogen and oxygen atoms in total. The first-order valence-electron chi connectivity index (χ1n) is 7.58.